The van der Waals surface area contributed by atoms with Crippen molar-refractivity contribution in [2.45, 2.75) is 0 Å². The zero-order valence-electron chi connectivity index (χ0n) is 33.1. The minimum atomic E-state index is -3.01. The van der Waals surface area contributed by atoms with Crippen molar-refractivity contribution in [3.63, 3.8) is 0 Å². The fourth-order valence-corrected chi connectivity index (χ4v) is 11.5. The van der Waals surface area contributed by atoms with Gasteiger partial charge in [0.1, 0.15) is 0 Å². The molecule has 4 nitrogen and oxygen atoms in total. The molecule has 2 aromatic heterocycles. The standard InChI is InChI=1S/C27H20NOP.C15H10BrN.C12H10OP/c29-30(23-12-3-1-4-13-23,24-14-5-2-6-15-24)25-16-9-11-22(20-25)27-26-17-8-7-10-21(26)18-19-28-27;16-13-6-3-5-12(10-13)15-14-7-2-1-4-11(14)8-9-17-15;13-14(11-7-3-1-4-8-11)12-9-5-2-6-10-12/h1-20H;1-10H;1-10H/q;;+1. The molecule has 0 amide bonds. The minimum Gasteiger partial charge on any atom is -0.309 e. The summed E-state index contributed by atoms with van der Waals surface area (Å²) in [4.78, 5) is 9.15. The molecule has 0 aliphatic heterocycles. The van der Waals surface area contributed by atoms with Crippen LogP contribution >= 0.6 is 30.9 Å². The van der Waals surface area contributed by atoms with Crippen molar-refractivity contribution in [3.8, 4) is 22.5 Å². The van der Waals surface area contributed by atoms with Gasteiger partial charge in [0.2, 0.25) is 0 Å². The van der Waals surface area contributed by atoms with Crippen LogP contribution in [-0.2, 0) is 9.13 Å². The van der Waals surface area contributed by atoms with Crippen molar-refractivity contribution in [1.82, 2.24) is 9.97 Å². The number of fused-ring (bicyclic) bond motifs is 2. The summed E-state index contributed by atoms with van der Waals surface area (Å²) >= 11 is 3.50. The molecule has 8 aromatic carbocycles. The van der Waals surface area contributed by atoms with E-state index in [1.54, 1.807) is 0 Å². The van der Waals surface area contributed by atoms with Crippen LogP contribution in [0.1, 0.15) is 0 Å². The molecule has 2 heterocycles. The first-order chi connectivity index (χ1) is 30.0. The van der Waals surface area contributed by atoms with Gasteiger partial charge in [-0.3, -0.25) is 9.97 Å². The molecule has 10 aromatic rings. The topological polar surface area (TPSA) is 59.9 Å². The lowest BCUT2D eigenvalue weighted by Gasteiger charge is -2.20. The minimum absolute atomic E-state index is 0.812. The molecule has 0 N–H and O–H groups in total. The van der Waals surface area contributed by atoms with Crippen molar-refractivity contribution in [3.05, 3.63) is 247 Å². The van der Waals surface area contributed by atoms with E-state index in [2.05, 4.69) is 62.3 Å². The SMILES string of the molecule is Brc1cccc(-c2nccc3ccccc23)c1.O=P(c1ccccc1)(c1ccccc1)c1cccc(-c2nccc3ccccc23)c1.O=[P+](c1ccccc1)c1ccccc1. The molecule has 0 spiro atoms. The van der Waals surface area contributed by atoms with Gasteiger partial charge in [-0.2, -0.15) is 0 Å². The first-order valence-corrected chi connectivity index (χ1v) is 23.6. The van der Waals surface area contributed by atoms with Crippen molar-refractivity contribution >= 4 is 78.9 Å². The van der Waals surface area contributed by atoms with Crippen LogP contribution in [0.5, 0.6) is 0 Å². The van der Waals surface area contributed by atoms with Gasteiger partial charge in [0.15, 0.2) is 17.8 Å². The Balaban J connectivity index is 0.000000140. The zero-order chi connectivity index (χ0) is 41.9. The van der Waals surface area contributed by atoms with Gasteiger partial charge in [0, 0.05) is 54.7 Å². The van der Waals surface area contributed by atoms with E-state index in [0.717, 1.165) is 64.3 Å². The van der Waals surface area contributed by atoms with Gasteiger partial charge in [-0.25, -0.2) is 0 Å². The average Bonchev–Trinajstić information content (AvgIpc) is 3.34. The maximum atomic E-state index is 14.6. The van der Waals surface area contributed by atoms with Crippen molar-refractivity contribution < 1.29 is 9.13 Å². The summed E-state index contributed by atoms with van der Waals surface area (Å²) in [6, 6.07) is 75.4. The Kier molecular flexibility index (Phi) is 13.2. The average molecular weight is 891 g/mol. The Morgan fingerprint density at radius 3 is 1.26 bits per heavy atom. The second kappa shape index (κ2) is 19.6. The van der Waals surface area contributed by atoms with Gasteiger partial charge in [0.25, 0.3) is 0 Å². The Hall–Kier alpha value is -6.61. The summed E-state index contributed by atoms with van der Waals surface area (Å²) in [5, 5.41) is 8.88. The van der Waals surface area contributed by atoms with E-state index < -0.39 is 14.9 Å². The van der Waals surface area contributed by atoms with Gasteiger partial charge in [-0.1, -0.05) is 196 Å². The normalized spacial score (nSPS) is 10.8. The summed E-state index contributed by atoms with van der Waals surface area (Å²) in [7, 11) is -4.43. The molecular formula is C54H40BrN2O2P2+. The van der Waals surface area contributed by atoms with Gasteiger partial charge >= 0.3 is 7.80 Å². The Morgan fingerprint density at radius 1 is 0.393 bits per heavy atom. The molecular weight excluding hydrogens is 850 g/mol. The molecule has 0 aliphatic rings. The number of benzene rings is 8. The molecule has 294 valence electrons. The highest BCUT2D eigenvalue weighted by Gasteiger charge is 2.30. The summed E-state index contributed by atoms with van der Waals surface area (Å²) < 4.78 is 27.7. The maximum absolute atomic E-state index is 14.6. The van der Waals surface area contributed by atoms with Gasteiger partial charge in [-0.15, -0.1) is 0 Å². The van der Waals surface area contributed by atoms with Gasteiger partial charge in [0.05, 0.1) is 11.4 Å². The fourth-order valence-electron chi connectivity index (χ4n) is 7.18. The molecule has 0 radical (unpaired) electrons. The summed E-state index contributed by atoms with van der Waals surface area (Å²) in [5.74, 6) is 0. The Labute approximate surface area is 366 Å². The molecule has 0 aliphatic carbocycles. The highest BCUT2D eigenvalue weighted by atomic mass is 79.9. The zero-order valence-corrected chi connectivity index (χ0v) is 36.5. The van der Waals surface area contributed by atoms with E-state index in [0.29, 0.717) is 0 Å². The number of hydrogen-bond acceptors (Lipinski definition) is 4. The molecule has 7 heteroatoms. The second-order valence-corrected chi connectivity index (χ2v) is 19.4. The third-order valence-electron chi connectivity index (χ3n) is 10.1. The van der Waals surface area contributed by atoms with E-state index >= 15 is 0 Å². The second-order valence-electron chi connectivity index (χ2n) is 14.1. The van der Waals surface area contributed by atoms with Gasteiger partial charge in [-0.05, 0) is 65.4 Å². The lowest BCUT2D eigenvalue weighted by atomic mass is 10.0. The molecule has 0 atom stereocenters. The number of rotatable bonds is 7. The third-order valence-corrected chi connectivity index (χ3v) is 15.2. The van der Waals surface area contributed by atoms with Crippen LogP contribution in [0.15, 0.2) is 247 Å². The summed E-state index contributed by atoms with van der Waals surface area (Å²) in [6.45, 7) is 0. The summed E-state index contributed by atoms with van der Waals surface area (Å²) in [5.41, 5.74) is 4.04. The number of aromatic nitrogens is 2. The first-order valence-electron chi connectivity index (χ1n) is 19.8. The fraction of sp³-hybridized carbons (Fsp3) is 0. The molecule has 0 bridgehead atoms. The van der Waals surface area contributed by atoms with E-state index in [4.69, 9.17) is 0 Å². The quantitative estimate of drug-likeness (QED) is 0.150. The van der Waals surface area contributed by atoms with Crippen molar-refractivity contribution in [2.24, 2.45) is 0 Å². The molecule has 10 rings (SSSR count). The molecule has 0 saturated heterocycles. The Bertz CT molecular complexity index is 3000. The van der Waals surface area contributed by atoms with Gasteiger partial charge < -0.3 is 4.57 Å². The van der Waals surface area contributed by atoms with Crippen LogP contribution in [0, 0.1) is 0 Å². The van der Waals surface area contributed by atoms with E-state index in [1.807, 2.05) is 207 Å². The maximum Gasteiger partial charge on any atom is 0.415 e. The van der Waals surface area contributed by atoms with Crippen molar-refractivity contribution in [1.29, 1.82) is 0 Å². The largest absolute Gasteiger partial charge is 0.415 e. The molecule has 0 fully saturated rings. The molecule has 61 heavy (non-hydrogen) atoms. The predicted octanol–water partition coefficient (Wildman–Crippen LogP) is 12.7. The molecule has 0 saturated carbocycles. The van der Waals surface area contributed by atoms with Crippen LogP contribution in [0.2, 0.25) is 0 Å². The summed E-state index contributed by atoms with van der Waals surface area (Å²) in [6.07, 6.45) is 3.69. The van der Waals surface area contributed by atoms with Crippen LogP contribution in [-0.4, -0.2) is 9.97 Å². The van der Waals surface area contributed by atoms with Crippen molar-refractivity contribution in [2.75, 3.05) is 0 Å². The van der Waals surface area contributed by atoms with Crippen LogP contribution < -0.4 is 26.5 Å². The molecule has 0 unspecified atom stereocenters. The Morgan fingerprint density at radius 2 is 0.787 bits per heavy atom. The highest BCUT2D eigenvalue weighted by Crippen LogP contribution is 2.43. The monoisotopic (exact) mass is 889 g/mol. The van der Waals surface area contributed by atoms with E-state index in [1.165, 1.54) is 10.8 Å². The van der Waals surface area contributed by atoms with E-state index in [9.17, 15) is 9.13 Å². The van der Waals surface area contributed by atoms with E-state index in [-0.39, 0.29) is 0 Å². The highest BCUT2D eigenvalue weighted by molar-refractivity contribution is 9.10. The van der Waals surface area contributed by atoms with Crippen LogP contribution in [0.25, 0.3) is 44.1 Å². The number of hydrogen-bond donors (Lipinski definition) is 0. The smallest absolute Gasteiger partial charge is 0.309 e. The van der Waals surface area contributed by atoms with Crippen LogP contribution in [0.3, 0.4) is 0 Å². The number of halogens is 1. The number of pyridine rings is 2. The first kappa shape index (κ1) is 41.1. The van der Waals surface area contributed by atoms with Crippen LogP contribution in [0.4, 0.5) is 0 Å². The lowest BCUT2D eigenvalue weighted by molar-refractivity contribution is 0.592. The predicted molar refractivity (Wildman–Crippen MR) is 261 cm³/mol. The lowest BCUT2D eigenvalue weighted by Crippen LogP contribution is -2.25. The number of nitrogens with zero attached hydrogens (tertiary/aromatic N) is 2. The third kappa shape index (κ3) is 9.57.